The minimum absolute atomic E-state index is 0.300. The van der Waals surface area contributed by atoms with E-state index < -0.39 is 0 Å². The molecule has 3 heteroatoms. The summed E-state index contributed by atoms with van der Waals surface area (Å²) in [5, 5.41) is 3.57. The molecule has 96 valence electrons. The van der Waals surface area contributed by atoms with Gasteiger partial charge in [0, 0.05) is 16.9 Å². The predicted octanol–water partition coefficient (Wildman–Crippen LogP) is 4.33. The average molecular weight is 308 g/mol. The molecule has 1 aromatic carbocycles. The summed E-state index contributed by atoms with van der Waals surface area (Å²) in [6.07, 6.45) is 3.74. The zero-order chi connectivity index (χ0) is 12.8. The summed E-state index contributed by atoms with van der Waals surface area (Å²) in [4.78, 5) is 0. The van der Waals surface area contributed by atoms with Gasteiger partial charge >= 0.3 is 0 Å². The largest absolute Gasteiger partial charge is 0.469 e. The maximum Gasteiger partial charge on any atom is 0.105 e. The van der Waals surface area contributed by atoms with Crippen molar-refractivity contribution < 1.29 is 4.42 Å². The summed E-state index contributed by atoms with van der Waals surface area (Å²) in [5.74, 6) is 1.02. The number of rotatable bonds is 6. The Labute approximate surface area is 117 Å². The highest BCUT2D eigenvalue weighted by molar-refractivity contribution is 9.10. The summed E-state index contributed by atoms with van der Waals surface area (Å²) in [7, 11) is 0. The Bertz CT molecular complexity index is 467. The van der Waals surface area contributed by atoms with Crippen LogP contribution in [-0.2, 0) is 6.42 Å². The van der Waals surface area contributed by atoms with Crippen LogP contribution in [0, 0.1) is 0 Å². The molecule has 2 rings (SSSR count). The van der Waals surface area contributed by atoms with E-state index in [9.17, 15) is 0 Å². The molecule has 1 heterocycles. The van der Waals surface area contributed by atoms with Crippen LogP contribution < -0.4 is 5.32 Å². The van der Waals surface area contributed by atoms with Crippen molar-refractivity contribution in [2.45, 2.75) is 25.8 Å². The topological polar surface area (TPSA) is 25.2 Å². The molecule has 1 aromatic heterocycles. The lowest BCUT2D eigenvalue weighted by atomic mass is 10.0. The van der Waals surface area contributed by atoms with Crippen LogP contribution in [0.25, 0.3) is 0 Å². The molecule has 0 saturated carbocycles. The van der Waals surface area contributed by atoms with Gasteiger partial charge in [0.25, 0.3) is 0 Å². The zero-order valence-electron chi connectivity index (χ0n) is 10.5. The van der Waals surface area contributed by atoms with Gasteiger partial charge in [-0.15, -0.1) is 0 Å². The third-order valence-electron chi connectivity index (χ3n) is 2.88. The molecule has 0 amide bonds. The maximum atomic E-state index is 5.44. The maximum absolute atomic E-state index is 5.44. The predicted molar refractivity (Wildman–Crippen MR) is 77.6 cm³/mol. The van der Waals surface area contributed by atoms with E-state index in [1.54, 1.807) is 6.26 Å². The van der Waals surface area contributed by atoms with Gasteiger partial charge in [0.2, 0.25) is 0 Å². The van der Waals surface area contributed by atoms with E-state index in [1.807, 2.05) is 18.2 Å². The molecule has 18 heavy (non-hydrogen) atoms. The Morgan fingerprint density at radius 3 is 2.83 bits per heavy atom. The highest BCUT2D eigenvalue weighted by Crippen LogP contribution is 2.22. The van der Waals surface area contributed by atoms with Gasteiger partial charge in [-0.2, -0.15) is 0 Å². The standard InChI is InChI=1S/C15H18BrNO/c1-2-8-17-15(11-14-7-4-9-18-14)12-5-3-6-13(16)10-12/h3-7,9-10,15,17H,2,8,11H2,1H3. The van der Waals surface area contributed by atoms with Crippen molar-refractivity contribution in [3.8, 4) is 0 Å². The summed E-state index contributed by atoms with van der Waals surface area (Å²) in [6.45, 7) is 3.19. The second kappa shape index (κ2) is 6.76. The van der Waals surface area contributed by atoms with E-state index in [4.69, 9.17) is 4.42 Å². The highest BCUT2D eigenvalue weighted by atomic mass is 79.9. The number of hydrogen-bond acceptors (Lipinski definition) is 2. The molecule has 2 nitrogen and oxygen atoms in total. The molecule has 0 aliphatic heterocycles. The fourth-order valence-electron chi connectivity index (χ4n) is 1.98. The summed E-state index contributed by atoms with van der Waals surface area (Å²) >= 11 is 3.53. The molecule has 1 unspecified atom stereocenters. The SMILES string of the molecule is CCCNC(Cc1ccco1)c1cccc(Br)c1. The van der Waals surface area contributed by atoms with Gasteiger partial charge < -0.3 is 9.73 Å². The molecule has 0 saturated heterocycles. The lowest BCUT2D eigenvalue weighted by Crippen LogP contribution is -2.23. The highest BCUT2D eigenvalue weighted by Gasteiger charge is 2.13. The molecular formula is C15H18BrNO. The van der Waals surface area contributed by atoms with Crippen LogP contribution in [0.15, 0.2) is 51.6 Å². The molecular weight excluding hydrogens is 290 g/mol. The molecule has 0 bridgehead atoms. The molecule has 2 aromatic rings. The molecule has 0 fully saturated rings. The minimum atomic E-state index is 0.300. The summed E-state index contributed by atoms with van der Waals surface area (Å²) < 4.78 is 6.56. The van der Waals surface area contributed by atoms with Crippen LogP contribution >= 0.6 is 15.9 Å². The molecule has 1 N–H and O–H groups in total. The normalized spacial score (nSPS) is 12.6. The lowest BCUT2D eigenvalue weighted by Gasteiger charge is -2.18. The summed E-state index contributed by atoms with van der Waals surface area (Å²) in [6, 6.07) is 12.7. The fourth-order valence-corrected chi connectivity index (χ4v) is 2.40. The lowest BCUT2D eigenvalue weighted by molar-refractivity contribution is 0.449. The van der Waals surface area contributed by atoms with E-state index in [0.29, 0.717) is 6.04 Å². The van der Waals surface area contributed by atoms with Crippen LogP contribution in [0.5, 0.6) is 0 Å². The quantitative estimate of drug-likeness (QED) is 0.859. The van der Waals surface area contributed by atoms with Crippen LogP contribution in [-0.4, -0.2) is 6.54 Å². The van der Waals surface area contributed by atoms with Gasteiger partial charge in [-0.05, 0) is 42.8 Å². The smallest absolute Gasteiger partial charge is 0.105 e. The Morgan fingerprint density at radius 1 is 1.28 bits per heavy atom. The van der Waals surface area contributed by atoms with E-state index in [1.165, 1.54) is 5.56 Å². The number of nitrogens with one attached hydrogen (secondary N) is 1. The number of halogens is 1. The van der Waals surface area contributed by atoms with Crippen molar-refractivity contribution in [2.24, 2.45) is 0 Å². The second-order valence-electron chi connectivity index (χ2n) is 4.35. The third-order valence-corrected chi connectivity index (χ3v) is 3.37. The number of benzene rings is 1. The van der Waals surface area contributed by atoms with Crippen molar-refractivity contribution in [3.05, 3.63) is 58.5 Å². The van der Waals surface area contributed by atoms with E-state index >= 15 is 0 Å². The first kappa shape index (κ1) is 13.4. The monoisotopic (exact) mass is 307 g/mol. The molecule has 0 aliphatic rings. The van der Waals surface area contributed by atoms with Gasteiger partial charge in [-0.25, -0.2) is 0 Å². The van der Waals surface area contributed by atoms with Crippen molar-refractivity contribution in [1.29, 1.82) is 0 Å². The van der Waals surface area contributed by atoms with Gasteiger partial charge in [0.15, 0.2) is 0 Å². The van der Waals surface area contributed by atoms with Crippen molar-refractivity contribution in [3.63, 3.8) is 0 Å². The van der Waals surface area contributed by atoms with Gasteiger partial charge in [-0.1, -0.05) is 35.0 Å². The number of furan rings is 1. The van der Waals surface area contributed by atoms with Crippen LogP contribution in [0.4, 0.5) is 0 Å². The first-order valence-corrected chi connectivity index (χ1v) is 7.10. The molecule has 1 atom stereocenters. The molecule has 0 radical (unpaired) electrons. The molecule has 0 aliphatic carbocycles. The van der Waals surface area contributed by atoms with E-state index in [2.05, 4.69) is 46.4 Å². The van der Waals surface area contributed by atoms with Gasteiger partial charge in [0.05, 0.1) is 6.26 Å². The Kier molecular flexibility index (Phi) is 5.02. The first-order valence-electron chi connectivity index (χ1n) is 6.31. The average Bonchev–Trinajstić information content (AvgIpc) is 2.87. The summed E-state index contributed by atoms with van der Waals surface area (Å²) in [5.41, 5.74) is 1.29. The van der Waals surface area contributed by atoms with Crippen molar-refractivity contribution in [2.75, 3.05) is 6.54 Å². The zero-order valence-corrected chi connectivity index (χ0v) is 12.1. The minimum Gasteiger partial charge on any atom is -0.469 e. The van der Waals surface area contributed by atoms with Crippen LogP contribution in [0.3, 0.4) is 0 Å². The van der Waals surface area contributed by atoms with Crippen molar-refractivity contribution >= 4 is 15.9 Å². The van der Waals surface area contributed by atoms with E-state index in [0.717, 1.165) is 29.6 Å². The third kappa shape index (κ3) is 3.72. The van der Waals surface area contributed by atoms with Gasteiger partial charge in [0.1, 0.15) is 5.76 Å². The van der Waals surface area contributed by atoms with Crippen molar-refractivity contribution in [1.82, 2.24) is 5.32 Å². The van der Waals surface area contributed by atoms with Crippen LogP contribution in [0.2, 0.25) is 0 Å². The second-order valence-corrected chi connectivity index (χ2v) is 5.26. The fraction of sp³-hybridized carbons (Fsp3) is 0.333. The Balaban J connectivity index is 2.13. The Morgan fingerprint density at radius 2 is 2.17 bits per heavy atom. The van der Waals surface area contributed by atoms with Crippen LogP contribution in [0.1, 0.15) is 30.7 Å². The van der Waals surface area contributed by atoms with E-state index in [-0.39, 0.29) is 0 Å². The molecule has 0 spiro atoms. The van der Waals surface area contributed by atoms with Gasteiger partial charge in [-0.3, -0.25) is 0 Å². The number of hydrogen-bond donors (Lipinski definition) is 1. The first-order chi connectivity index (χ1) is 8.79. The Hall–Kier alpha value is -1.06.